The lowest BCUT2D eigenvalue weighted by molar-refractivity contribution is -0.114. The Kier molecular flexibility index (Phi) is 14.1. The van der Waals surface area contributed by atoms with Gasteiger partial charge in [0.25, 0.3) is 0 Å². The molecule has 2 aliphatic carbocycles. The molecule has 0 aliphatic heterocycles. The van der Waals surface area contributed by atoms with Gasteiger partial charge in [-0.1, -0.05) is 36.4 Å². The Labute approximate surface area is 314 Å². The van der Waals surface area contributed by atoms with Crippen LogP contribution in [-0.4, -0.2) is 51.6 Å². The SMILES string of the molecule is COc1cc(C2=CC(=O)C(C#N)=C(C#N)C2=O)c(OC)cc1Br.COc1cc(C2=CC(=O)C(C#N)=C(C#N)C2=O)c(OC)cc1Br.c1ccccc1. The van der Waals surface area contributed by atoms with Crippen LogP contribution in [0.4, 0.5) is 0 Å². The Bertz CT molecular complexity index is 2110. The molecule has 0 saturated carbocycles. The predicted molar refractivity (Wildman–Crippen MR) is 193 cm³/mol. The van der Waals surface area contributed by atoms with Crippen LogP contribution >= 0.6 is 31.9 Å². The average molecular weight is 824 g/mol. The van der Waals surface area contributed by atoms with E-state index in [-0.39, 0.29) is 11.1 Å². The van der Waals surface area contributed by atoms with Gasteiger partial charge in [0.1, 0.15) is 69.6 Å². The zero-order valence-electron chi connectivity index (χ0n) is 27.7. The maximum atomic E-state index is 12.5. The summed E-state index contributed by atoms with van der Waals surface area (Å²) in [5.74, 6) is -1.29. The molecule has 0 radical (unpaired) electrons. The number of ether oxygens (including phenoxy) is 4. The summed E-state index contributed by atoms with van der Waals surface area (Å²) >= 11 is 6.60. The number of carbonyl (C=O) groups excluding carboxylic acids is 4. The zero-order valence-corrected chi connectivity index (χ0v) is 30.9. The molecule has 0 aromatic heterocycles. The minimum atomic E-state index is -0.702. The summed E-state index contributed by atoms with van der Waals surface area (Å²) in [6, 6.07) is 24.7. The summed E-state index contributed by atoms with van der Waals surface area (Å²) in [6.45, 7) is 0. The maximum absolute atomic E-state index is 12.5. The van der Waals surface area contributed by atoms with Crippen LogP contribution in [0.25, 0.3) is 11.1 Å². The highest BCUT2D eigenvalue weighted by Crippen LogP contribution is 2.40. The number of benzene rings is 3. The Morgan fingerprint density at radius 1 is 0.462 bits per heavy atom. The fraction of sp³-hybridized carbons (Fsp3) is 0.105. The molecule has 0 amide bonds. The van der Waals surface area contributed by atoms with Crippen molar-refractivity contribution < 1.29 is 38.1 Å². The lowest BCUT2D eigenvalue weighted by Crippen LogP contribution is -2.17. The molecule has 0 N–H and O–H groups in total. The maximum Gasteiger partial charge on any atom is 0.205 e. The summed E-state index contributed by atoms with van der Waals surface area (Å²) in [6.07, 6.45) is 2.07. The largest absolute Gasteiger partial charge is 0.496 e. The molecule has 3 aromatic rings. The number of allylic oxidation sites excluding steroid dienone is 8. The molecule has 5 rings (SSSR count). The fourth-order valence-electron chi connectivity index (χ4n) is 4.64. The average Bonchev–Trinajstić information content (AvgIpc) is 3.16. The van der Waals surface area contributed by atoms with Gasteiger partial charge in [0.05, 0.1) is 37.4 Å². The van der Waals surface area contributed by atoms with Crippen molar-refractivity contribution in [2.24, 2.45) is 0 Å². The van der Waals surface area contributed by atoms with E-state index in [1.165, 1.54) is 40.6 Å². The second-order valence-electron chi connectivity index (χ2n) is 9.98. The van der Waals surface area contributed by atoms with Gasteiger partial charge in [-0.15, -0.1) is 0 Å². The van der Waals surface area contributed by atoms with Crippen molar-refractivity contribution in [2.75, 3.05) is 28.4 Å². The van der Waals surface area contributed by atoms with Gasteiger partial charge in [-0.05, 0) is 68.3 Å². The Balaban J connectivity index is 0.000000241. The molecule has 258 valence electrons. The third kappa shape index (κ3) is 8.58. The van der Waals surface area contributed by atoms with Gasteiger partial charge in [-0.25, -0.2) is 0 Å². The van der Waals surface area contributed by atoms with Crippen molar-refractivity contribution in [3.8, 4) is 47.3 Å². The summed E-state index contributed by atoms with van der Waals surface area (Å²) in [5, 5.41) is 36.1. The molecule has 0 fully saturated rings. The first-order chi connectivity index (χ1) is 25.0. The van der Waals surface area contributed by atoms with Gasteiger partial charge >= 0.3 is 0 Å². The number of nitrogens with zero attached hydrogens (tertiary/aromatic N) is 4. The van der Waals surface area contributed by atoms with Crippen LogP contribution in [0.1, 0.15) is 11.1 Å². The Morgan fingerprint density at radius 2 is 0.750 bits per heavy atom. The van der Waals surface area contributed by atoms with E-state index in [9.17, 15) is 19.2 Å². The number of rotatable bonds is 6. The molecule has 12 nitrogen and oxygen atoms in total. The van der Waals surface area contributed by atoms with E-state index >= 15 is 0 Å². The minimum absolute atomic E-state index is 0.0202. The van der Waals surface area contributed by atoms with E-state index in [2.05, 4.69) is 31.9 Å². The summed E-state index contributed by atoms with van der Waals surface area (Å²) in [7, 11) is 5.73. The highest BCUT2D eigenvalue weighted by molar-refractivity contribution is 9.11. The predicted octanol–water partition coefficient (Wildman–Crippen LogP) is 6.38. The molecule has 3 aromatic carbocycles. The van der Waals surface area contributed by atoms with Crippen molar-refractivity contribution in [3.05, 3.63) is 115 Å². The first-order valence-electron chi connectivity index (χ1n) is 14.5. The molecular weight excluding hydrogens is 800 g/mol. The second-order valence-corrected chi connectivity index (χ2v) is 11.7. The zero-order chi connectivity index (χ0) is 38.5. The monoisotopic (exact) mass is 822 g/mol. The van der Waals surface area contributed by atoms with E-state index in [0.717, 1.165) is 12.2 Å². The molecule has 0 bridgehead atoms. The van der Waals surface area contributed by atoms with Gasteiger partial charge in [-0.3, -0.25) is 19.2 Å². The standard InChI is InChI=1S/2C16H9BrN2O4.C6H6/c2*1-22-14-5-12(17)15(23-2)4-8(14)9-3-13(20)10(6-18)11(7-19)16(9)21;1-2-4-6-5-3-1/h2*3-5H,1-2H3;1-6H. The Morgan fingerprint density at radius 3 is 1.00 bits per heavy atom. The molecule has 14 heteroatoms. The van der Waals surface area contributed by atoms with Gasteiger partial charge in [0.15, 0.2) is 11.6 Å². The van der Waals surface area contributed by atoms with Gasteiger partial charge in [0, 0.05) is 22.3 Å². The van der Waals surface area contributed by atoms with Gasteiger partial charge < -0.3 is 18.9 Å². The van der Waals surface area contributed by atoms with E-state index in [0.29, 0.717) is 43.1 Å². The van der Waals surface area contributed by atoms with Crippen LogP contribution in [0.15, 0.2) is 104 Å². The number of Topliss-reactive ketones (excluding diaryl/α,β-unsaturated/α-hetero) is 2. The van der Waals surface area contributed by atoms with Crippen molar-refractivity contribution in [2.45, 2.75) is 0 Å². The second kappa shape index (κ2) is 18.4. The summed E-state index contributed by atoms with van der Waals surface area (Å²) in [4.78, 5) is 48.9. The molecule has 0 heterocycles. The van der Waals surface area contributed by atoms with E-state index < -0.39 is 45.4 Å². The Hall–Kier alpha value is -6.58. The quantitative estimate of drug-likeness (QED) is 0.249. The van der Waals surface area contributed by atoms with E-state index in [1.54, 1.807) is 36.4 Å². The topological polar surface area (TPSA) is 200 Å². The first kappa shape index (κ1) is 39.9. The van der Waals surface area contributed by atoms with Gasteiger partial charge in [-0.2, -0.15) is 21.0 Å². The van der Waals surface area contributed by atoms with E-state index in [4.69, 9.17) is 40.0 Å². The minimum Gasteiger partial charge on any atom is -0.496 e. The van der Waals surface area contributed by atoms with E-state index in [1.807, 2.05) is 36.4 Å². The highest BCUT2D eigenvalue weighted by Gasteiger charge is 2.33. The molecule has 2 aliphatic rings. The number of carbonyl (C=O) groups is 4. The van der Waals surface area contributed by atoms with Crippen LogP contribution in [0.3, 0.4) is 0 Å². The highest BCUT2D eigenvalue weighted by atomic mass is 79.9. The smallest absolute Gasteiger partial charge is 0.205 e. The summed E-state index contributed by atoms with van der Waals surface area (Å²) < 4.78 is 22.0. The molecular formula is C38H24Br2N4O8. The van der Waals surface area contributed by atoms with Crippen molar-refractivity contribution in [1.29, 1.82) is 21.0 Å². The first-order valence-corrected chi connectivity index (χ1v) is 16.1. The molecule has 0 spiro atoms. The fourth-order valence-corrected chi connectivity index (χ4v) is 5.61. The van der Waals surface area contributed by atoms with Crippen LogP contribution in [0.5, 0.6) is 23.0 Å². The van der Waals surface area contributed by atoms with Crippen LogP contribution in [-0.2, 0) is 19.2 Å². The molecule has 52 heavy (non-hydrogen) atoms. The molecule has 0 saturated heterocycles. The van der Waals surface area contributed by atoms with Gasteiger partial charge in [0.2, 0.25) is 11.6 Å². The molecule has 0 unspecified atom stereocenters. The number of halogens is 2. The van der Waals surface area contributed by atoms with Crippen molar-refractivity contribution in [3.63, 3.8) is 0 Å². The molecule has 0 atom stereocenters. The lowest BCUT2D eigenvalue weighted by atomic mass is 9.87. The third-order valence-electron chi connectivity index (χ3n) is 7.13. The number of hydrogen-bond acceptors (Lipinski definition) is 12. The van der Waals surface area contributed by atoms with Crippen LogP contribution in [0.2, 0.25) is 0 Å². The number of ketones is 4. The number of nitriles is 4. The lowest BCUT2D eigenvalue weighted by Gasteiger charge is -2.16. The van der Waals surface area contributed by atoms with Crippen LogP contribution in [0, 0.1) is 45.3 Å². The van der Waals surface area contributed by atoms with Crippen molar-refractivity contribution in [1.82, 2.24) is 0 Å². The number of hydrogen-bond donors (Lipinski definition) is 0. The third-order valence-corrected chi connectivity index (χ3v) is 8.37. The number of methoxy groups -OCH3 is 4. The van der Waals surface area contributed by atoms with Crippen molar-refractivity contribution >= 4 is 66.1 Å². The normalized spacial score (nSPS) is 13.3. The van der Waals surface area contributed by atoms with Crippen LogP contribution < -0.4 is 18.9 Å². The summed E-state index contributed by atoms with van der Waals surface area (Å²) in [5.41, 5.74) is -1.29.